The van der Waals surface area contributed by atoms with Gasteiger partial charge in [0.05, 0.1) is 16.1 Å². The van der Waals surface area contributed by atoms with E-state index in [0.29, 0.717) is 0 Å². The molecule has 2 heterocycles. The van der Waals surface area contributed by atoms with Crippen molar-refractivity contribution < 1.29 is 14.7 Å². The van der Waals surface area contributed by atoms with E-state index in [0.717, 1.165) is 0 Å². The third-order valence-corrected chi connectivity index (χ3v) is 2.99. The van der Waals surface area contributed by atoms with Gasteiger partial charge in [-0.3, -0.25) is 4.79 Å². The van der Waals surface area contributed by atoms with Crippen molar-refractivity contribution in [3.8, 4) is 0 Å². The molecule has 2 aromatic rings. The minimum absolute atomic E-state index is 0.0163. The average Bonchev–Trinajstić information content (AvgIpc) is 2.42. The zero-order valence-electron chi connectivity index (χ0n) is 9.80. The van der Waals surface area contributed by atoms with Crippen molar-refractivity contribution in [2.75, 3.05) is 5.32 Å². The first-order chi connectivity index (χ1) is 9.47. The van der Waals surface area contributed by atoms with Gasteiger partial charge in [0, 0.05) is 12.4 Å². The van der Waals surface area contributed by atoms with Crippen LogP contribution in [0.5, 0.6) is 0 Å². The number of carbonyl (C=O) groups is 2. The number of carboxylic acids is 1. The van der Waals surface area contributed by atoms with Crippen LogP contribution in [-0.4, -0.2) is 27.0 Å². The summed E-state index contributed by atoms with van der Waals surface area (Å²) in [7, 11) is 0. The van der Waals surface area contributed by atoms with Gasteiger partial charge in [-0.2, -0.15) is 0 Å². The topological polar surface area (TPSA) is 92.2 Å². The summed E-state index contributed by atoms with van der Waals surface area (Å²) < 4.78 is 0. The highest BCUT2D eigenvalue weighted by Gasteiger charge is 2.11. The molecule has 0 atom stereocenters. The summed E-state index contributed by atoms with van der Waals surface area (Å²) in [6.07, 6.45) is 2.54. The van der Waals surface area contributed by atoms with Crippen LogP contribution < -0.4 is 5.32 Å². The molecule has 0 saturated carbocycles. The van der Waals surface area contributed by atoms with Crippen molar-refractivity contribution in [2.24, 2.45) is 0 Å². The van der Waals surface area contributed by atoms with Gasteiger partial charge in [-0.05, 0) is 18.2 Å². The maximum atomic E-state index is 11.9. The lowest BCUT2D eigenvalue weighted by Crippen LogP contribution is -2.14. The van der Waals surface area contributed by atoms with Gasteiger partial charge in [-0.15, -0.1) is 0 Å². The zero-order valence-corrected chi connectivity index (χ0v) is 11.3. The van der Waals surface area contributed by atoms with E-state index in [1.54, 1.807) is 0 Å². The summed E-state index contributed by atoms with van der Waals surface area (Å²) in [6.45, 7) is 0. The predicted molar refractivity (Wildman–Crippen MR) is 73.4 cm³/mol. The Labute approximate surface area is 123 Å². The number of nitrogens with zero attached hydrogens (tertiary/aromatic N) is 2. The number of aromatic nitrogens is 2. The van der Waals surface area contributed by atoms with E-state index in [-0.39, 0.29) is 27.1 Å². The van der Waals surface area contributed by atoms with E-state index in [1.165, 1.54) is 30.6 Å². The van der Waals surface area contributed by atoms with Gasteiger partial charge in [-0.25, -0.2) is 14.8 Å². The van der Waals surface area contributed by atoms with Gasteiger partial charge in [0.1, 0.15) is 11.0 Å². The monoisotopic (exact) mass is 311 g/mol. The Morgan fingerprint density at radius 2 is 1.90 bits per heavy atom. The largest absolute Gasteiger partial charge is 0.478 e. The fraction of sp³-hybridized carbons (Fsp3) is 0. The molecule has 102 valence electrons. The zero-order chi connectivity index (χ0) is 14.7. The van der Waals surface area contributed by atoms with Crippen molar-refractivity contribution in [1.29, 1.82) is 0 Å². The number of nitrogens with one attached hydrogen (secondary N) is 1. The van der Waals surface area contributed by atoms with Crippen LogP contribution in [0.3, 0.4) is 0 Å². The molecule has 0 radical (unpaired) electrons. The van der Waals surface area contributed by atoms with Gasteiger partial charge < -0.3 is 10.4 Å². The Kier molecular flexibility index (Phi) is 4.16. The number of carboxylic acid groups (broad SMARTS) is 1. The van der Waals surface area contributed by atoms with E-state index in [4.69, 9.17) is 28.3 Å². The molecule has 2 rings (SSSR count). The Balaban J connectivity index is 2.21. The molecule has 0 saturated heterocycles. The molecule has 0 bridgehead atoms. The molecule has 0 spiro atoms. The van der Waals surface area contributed by atoms with Gasteiger partial charge in [0.15, 0.2) is 0 Å². The molecule has 0 aliphatic rings. The molecular weight excluding hydrogens is 305 g/mol. The number of hydrogen-bond donors (Lipinski definition) is 2. The Hall–Kier alpha value is -2.18. The van der Waals surface area contributed by atoms with E-state index in [1.807, 2.05) is 0 Å². The highest BCUT2D eigenvalue weighted by atomic mass is 35.5. The minimum Gasteiger partial charge on any atom is -0.478 e. The maximum absolute atomic E-state index is 11.9. The Bertz CT molecular complexity index is 691. The van der Waals surface area contributed by atoms with Crippen molar-refractivity contribution >= 4 is 40.9 Å². The van der Waals surface area contributed by atoms with E-state index < -0.39 is 11.9 Å². The molecule has 8 heteroatoms. The molecule has 0 aliphatic heterocycles. The van der Waals surface area contributed by atoms with Gasteiger partial charge in [0.25, 0.3) is 5.91 Å². The fourth-order valence-electron chi connectivity index (χ4n) is 1.37. The number of halogens is 2. The van der Waals surface area contributed by atoms with Crippen molar-refractivity contribution in [2.45, 2.75) is 0 Å². The summed E-state index contributed by atoms with van der Waals surface area (Å²) in [5.74, 6) is -1.52. The van der Waals surface area contributed by atoms with E-state index in [2.05, 4.69) is 15.3 Å². The third kappa shape index (κ3) is 3.23. The highest BCUT2D eigenvalue weighted by molar-refractivity contribution is 6.41. The van der Waals surface area contributed by atoms with Crippen LogP contribution in [0, 0.1) is 0 Å². The first-order valence-corrected chi connectivity index (χ1v) is 6.04. The van der Waals surface area contributed by atoms with Crippen molar-refractivity contribution in [3.63, 3.8) is 0 Å². The second-order valence-electron chi connectivity index (χ2n) is 3.69. The molecule has 0 aliphatic carbocycles. The van der Waals surface area contributed by atoms with Crippen LogP contribution in [-0.2, 0) is 0 Å². The molecule has 1 amide bonds. The molecule has 0 aromatic carbocycles. The van der Waals surface area contributed by atoms with Crippen LogP contribution in [0.15, 0.2) is 30.6 Å². The first-order valence-electron chi connectivity index (χ1n) is 5.29. The second kappa shape index (κ2) is 5.85. The average molecular weight is 312 g/mol. The smallest absolute Gasteiger partial charge is 0.335 e. The van der Waals surface area contributed by atoms with Crippen LogP contribution in [0.1, 0.15) is 20.7 Å². The van der Waals surface area contributed by atoms with E-state index >= 15 is 0 Å². The Morgan fingerprint density at radius 3 is 2.55 bits per heavy atom. The molecular formula is C12H7Cl2N3O3. The molecule has 0 fully saturated rings. The summed E-state index contributed by atoms with van der Waals surface area (Å²) in [5.41, 5.74) is 0.199. The van der Waals surface area contributed by atoms with Crippen molar-refractivity contribution in [1.82, 2.24) is 9.97 Å². The van der Waals surface area contributed by atoms with Crippen molar-refractivity contribution in [3.05, 3.63) is 51.9 Å². The number of carbonyl (C=O) groups excluding carboxylic acids is 1. The Morgan fingerprint density at radius 1 is 1.15 bits per heavy atom. The van der Waals surface area contributed by atoms with Crippen LogP contribution in [0.25, 0.3) is 0 Å². The summed E-state index contributed by atoms with van der Waals surface area (Å²) in [4.78, 5) is 30.3. The molecule has 2 aromatic heterocycles. The number of pyridine rings is 2. The quantitative estimate of drug-likeness (QED) is 0.850. The highest BCUT2D eigenvalue weighted by Crippen LogP contribution is 2.20. The number of hydrogen-bond acceptors (Lipinski definition) is 4. The van der Waals surface area contributed by atoms with Gasteiger partial charge in [-0.1, -0.05) is 23.2 Å². The number of aromatic carboxylic acids is 1. The van der Waals surface area contributed by atoms with Crippen LogP contribution in [0.4, 0.5) is 5.82 Å². The molecule has 6 nitrogen and oxygen atoms in total. The third-order valence-electron chi connectivity index (χ3n) is 2.31. The first kappa shape index (κ1) is 14.2. The minimum atomic E-state index is -1.11. The molecule has 20 heavy (non-hydrogen) atoms. The normalized spacial score (nSPS) is 10.1. The van der Waals surface area contributed by atoms with E-state index in [9.17, 15) is 9.59 Å². The number of anilines is 1. The van der Waals surface area contributed by atoms with Crippen LogP contribution in [0.2, 0.25) is 10.2 Å². The number of rotatable bonds is 3. The number of amides is 1. The lowest BCUT2D eigenvalue weighted by molar-refractivity contribution is 0.0696. The van der Waals surface area contributed by atoms with Gasteiger partial charge >= 0.3 is 5.97 Å². The summed E-state index contributed by atoms with van der Waals surface area (Å²) in [5, 5.41) is 11.5. The fourth-order valence-corrected chi connectivity index (χ4v) is 1.64. The summed E-state index contributed by atoms with van der Waals surface area (Å²) in [6, 6.07) is 3.91. The molecule has 0 unspecified atom stereocenters. The second-order valence-corrected chi connectivity index (χ2v) is 4.45. The lowest BCUT2D eigenvalue weighted by atomic mass is 10.2. The predicted octanol–water partition coefficient (Wildman–Crippen LogP) is 2.73. The maximum Gasteiger partial charge on any atom is 0.335 e. The SMILES string of the molecule is O=C(O)c1ccnc(NC(=O)c2cnc(Cl)c(Cl)c2)c1. The summed E-state index contributed by atoms with van der Waals surface area (Å²) >= 11 is 11.4. The molecule has 2 N–H and O–H groups in total. The standard InChI is InChI=1S/C12H7Cl2N3O3/c13-8-3-7(5-16-10(8)14)11(18)17-9-4-6(12(19)20)1-2-15-9/h1-5H,(H,19,20)(H,15,17,18). The lowest BCUT2D eigenvalue weighted by Gasteiger charge is -2.05. The van der Waals surface area contributed by atoms with Gasteiger partial charge in [0.2, 0.25) is 0 Å². The van der Waals surface area contributed by atoms with Crippen LogP contribution >= 0.6 is 23.2 Å².